The van der Waals surface area contributed by atoms with Gasteiger partial charge in [-0.1, -0.05) is 11.6 Å². The third-order valence-electron chi connectivity index (χ3n) is 2.61. The summed E-state index contributed by atoms with van der Waals surface area (Å²) in [5.74, 6) is 0.903. The van der Waals surface area contributed by atoms with Gasteiger partial charge in [-0.25, -0.2) is 9.97 Å². The molecule has 0 unspecified atom stereocenters. The van der Waals surface area contributed by atoms with Crippen molar-refractivity contribution in [1.82, 2.24) is 9.97 Å². The zero-order chi connectivity index (χ0) is 11.2. The molecule has 0 bridgehead atoms. The zero-order valence-electron chi connectivity index (χ0n) is 9.57. The molecule has 0 radical (unpaired) electrons. The number of aryl methyl sites for hydroxylation is 1. The van der Waals surface area contributed by atoms with E-state index in [-0.39, 0.29) is 0 Å². The first-order valence-electron chi connectivity index (χ1n) is 5.63. The smallest absolute Gasteiger partial charge is 0.129 e. The highest BCUT2D eigenvalue weighted by Crippen LogP contribution is 2.12. The minimum Gasteiger partial charge on any atom is -0.377 e. The van der Waals surface area contributed by atoms with E-state index in [1.807, 2.05) is 13.0 Å². The molecule has 0 saturated carbocycles. The number of hydrogen-bond donors (Lipinski definition) is 1. The molecule has 1 aliphatic heterocycles. The number of anilines is 1. The standard InChI is InChI=1S/C12H17N3O/c1-10-8-12(15-9-14-10)13-5-2-11-3-6-16-7-4-11/h3,8-9H,2,4-7H2,1H3,(H,13,14,15). The van der Waals surface area contributed by atoms with Gasteiger partial charge in [-0.05, 0) is 19.8 Å². The van der Waals surface area contributed by atoms with Crippen LogP contribution in [0.3, 0.4) is 0 Å². The van der Waals surface area contributed by atoms with Gasteiger partial charge < -0.3 is 10.1 Å². The third-order valence-corrected chi connectivity index (χ3v) is 2.61. The van der Waals surface area contributed by atoms with Crippen LogP contribution in [-0.2, 0) is 4.74 Å². The summed E-state index contributed by atoms with van der Waals surface area (Å²) < 4.78 is 5.26. The molecular formula is C12H17N3O. The Morgan fingerprint density at radius 1 is 1.44 bits per heavy atom. The highest BCUT2D eigenvalue weighted by atomic mass is 16.5. The predicted molar refractivity (Wildman–Crippen MR) is 63.4 cm³/mol. The molecule has 1 aromatic rings. The average Bonchev–Trinajstić information content (AvgIpc) is 2.30. The molecule has 0 aromatic carbocycles. The summed E-state index contributed by atoms with van der Waals surface area (Å²) in [6.07, 6.45) is 5.89. The molecule has 4 nitrogen and oxygen atoms in total. The Labute approximate surface area is 95.8 Å². The molecule has 0 spiro atoms. The summed E-state index contributed by atoms with van der Waals surface area (Å²) in [5.41, 5.74) is 2.47. The quantitative estimate of drug-likeness (QED) is 0.786. The van der Waals surface area contributed by atoms with Gasteiger partial charge in [-0.3, -0.25) is 0 Å². The van der Waals surface area contributed by atoms with Crippen LogP contribution >= 0.6 is 0 Å². The van der Waals surface area contributed by atoms with Crippen LogP contribution in [0.5, 0.6) is 0 Å². The van der Waals surface area contributed by atoms with Gasteiger partial charge in [0.1, 0.15) is 12.1 Å². The summed E-state index contributed by atoms with van der Waals surface area (Å²) in [6, 6.07) is 1.96. The first-order chi connectivity index (χ1) is 7.84. The normalized spacial score (nSPS) is 15.7. The summed E-state index contributed by atoms with van der Waals surface area (Å²) in [4.78, 5) is 8.21. The highest BCUT2D eigenvalue weighted by Gasteiger charge is 2.03. The van der Waals surface area contributed by atoms with Crippen molar-refractivity contribution in [3.63, 3.8) is 0 Å². The largest absolute Gasteiger partial charge is 0.377 e. The molecular weight excluding hydrogens is 202 g/mol. The second-order valence-electron chi connectivity index (χ2n) is 3.91. The Bertz CT molecular complexity index is 376. The van der Waals surface area contributed by atoms with Crippen LogP contribution in [0.2, 0.25) is 0 Å². The minimum atomic E-state index is 0.766. The number of hydrogen-bond acceptors (Lipinski definition) is 4. The molecule has 86 valence electrons. The lowest BCUT2D eigenvalue weighted by Crippen LogP contribution is -2.09. The molecule has 0 amide bonds. The van der Waals surface area contributed by atoms with Crippen molar-refractivity contribution in [1.29, 1.82) is 0 Å². The number of nitrogens with one attached hydrogen (secondary N) is 1. The zero-order valence-corrected chi connectivity index (χ0v) is 9.57. The van der Waals surface area contributed by atoms with E-state index in [2.05, 4.69) is 21.4 Å². The number of aromatic nitrogens is 2. The Hall–Kier alpha value is -1.42. The molecule has 2 heterocycles. The maximum Gasteiger partial charge on any atom is 0.129 e. The van der Waals surface area contributed by atoms with Gasteiger partial charge in [-0.15, -0.1) is 0 Å². The molecule has 0 aliphatic carbocycles. The Morgan fingerprint density at radius 2 is 2.38 bits per heavy atom. The second-order valence-corrected chi connectivity index (χ2v) is 3.91. The molecule has 0 fully saturated rings. The molecule has 1 N–H and O–H groups in total. The second kappa shape index (κ2) is 5.61. The van der Waals surface area contributed by atoms with E-state index in [9.17, 15) is 0 Å². The molecule has 1 aromatic heterocycles. The Balaban J connectivity index is 1.77. The van der Waals surface area contributed by atoms with Crippen molar-refractivity contribution in [2.45, 2.75) is 19.8 Å². The fourth-order valence-electron chi connectivity index (χ4n) is 1.69. The fourth-order valence-corrected chi connectivity index (χ4v) is 1.69. The Morgan fingerprint density at radius 3 is 3.12 bits per heavy atom. The molecule has 2 rings (SSSR count). The highest BCUT2D eigenvalue weighted by molar-refractivity contribution is 5.34. The molecule has 1 aliphatic rings. The summed E-state index contributed by atoms with van der Waals surface area (Å²) in [7, 11) is 0. The van der Waals surface area contributed by atoms with Crippen molar-refractivity contribution in [3.8, 4) is 0 Å². The Kier molecular flexibility index (Phi) is 3.88. The van der Waals surface area contributed by atoms with Crippen LogP contribution in [0.4, 0.5) is 5.82 Å². The topological polar surface area (TPSA) is 47.0 Å². The summed E-state index contributed by atoms with van der Waals surface area (Å²) >= 11 is 0. The molecule has 0 saturated heterocycles. The average molecular weight is 219 g/mol. The predicted octanol–water partition coefficient (Wildman–Crippen LogP) is 1.93. The first-order valence-corrected chi connectivity index (χ1v) is 5.63. The van der Waals surface area contributed by atoms with Gasteiger partial charge in [0.2, 0.25) is 0 Å². The van der Waals surface area contributed by atoms with Gasteiger partial charge in [0, 0.05) is 18.3 Å². The molecule has 16 heavy (non-hydrogen) atoms. The van der Waals surface area contributed by atoms with Crippen molar-refractivity contribution in [2.24, 2.45) is 0 Å². The van der Waals surface area contributed by atoms with E-state index in [1.165, 1.54) is 5.57 Å². The molecule has 0 atom stereocenters. The maximum absolute atomic E-state index is 5.26. The minimum absolute atomic E-state index is 0.766. The maximum atomic E-state index is 5.26. The van der Waals surface area contributed by atoms with Gasteiger partial charge >= 0.3 is 0 Å². The van der Waals surface area contributed by atoms with Crippen molar-refractivity contribution in [2.75, 3.05) is 25.1 Å². The number of nitrogens with zero attached hydrogens (tertiary/aromatic N) is 2. The third kappa shape index (κ3) is 3.31. The molecule has 4 heteroatoms. The van der Waals surface area contributed by atoms with E-state index in [4.69, 9.17) is 4.74 Å². The van der Waals surface area contributed by atoms with Gasteiger partial charge in [0.05, 0.1) is 13.2 Å². The van der Waals surface area contributed by atoms with Gasteiger partial charge in [-0.2, -0.15) is 0 Å². The monoisotopic (exact) mass is 219 g/mol. The van der Waals surface area contributed by atoms with Crippen LogP contribution in [0, 0.1) is 6.92 Å². The van der Waals surface area contributed by atoms with Crippen molar-refractivity contribution in [3.05, 3.63) is 29.7 Å². The van der Waals surface area contributed by atoms with Crippen molar-refractivity contribution < 1.29 is 4.74 Å². The lowest BCUT2D eigenvalue weighted by atomic mass is 10.1. The fraction of sp³-hybridized carbons (Fsp3) is 0.500. The lowest BCUT2D eigenvalue weighted by molar-refractivity contribution is 0.153. The van der Waals surface area contributed by atoms with Crippen LogP contribution in [0.15, 0.2) is 24.0 Å². The van der Waals surface area contributed by atoms with Crippen LogP contribution in [0.1, 0.15) is 18.5 Å². The van der Waals surface area contributed by atoms with Crippen LogP contribution < -0.4 is 5.32 Å². The van der Waals surface area contributed by atoms with Gasteiger partial charge in [0.25, 0.3) is 0 Å². The van der Waals surface area contributed by atoms with Crippen molar-refractivity contribution >= 4 is 5.82 Å². The lowest BCUT2D eigenvalue weighted by Gasteiger charge is -2.13. The summed E-state index contributed by atoms with van der Waals surface area (Å²) in [5, 5.41) is 3.30. The van der Waals surface area contributed by atoms with E-state index in [1.54, 1.807) is 6.33 Å². The first kappa shape index (κ1) is 11.1. The number of ether oxygens (including phenoxy) is 1. The van der Waals surface area contributed by atoms with Gasteiger partial charge in [0.15, 0.2) is 0 Å². The van der Waals surface area contributed by atoms with E-state index < -0.39 is 0 Å². The SMILES string of the molecule is Cc1cc(NCCC2=CCOCC2)ncn1. The summed E-state index contributed by atoms with van der Waals surface area (Å²) in [6.45, 7) is 4.51. The van der Waals surface area contributed by atoms with Crippen LogP contribution in [-0.4, -0.2) is 29.7 Å². The van der Waals surface area contributed by atoms with E-state index in [0.29, 0.717) is 0 Å². The number of rotatable bonds is 4. The van der Waals surface area contributed by atoms with E-state index >= 15 is 0 Å². The van der Waals surface area contributed by atoms with E-state index in [0.717, 1.165) is 44.1 Å². The van der Waals surface area contributed by atoms with Crippen LogP contribution in [0.25, 0.3) is 0 Å².